The minimum Gasteiger partial charge on any atom is -0.457 e. The maximum absolute atomic E-state index is 14.5. The van der Waals surface area contributed by atoms with Crippen molar-refractivity contribution in [1.82, 2.24) is 15.5 Å². The number of aliphatic hydroxyl groups is 2. The van der Waals surface area contributed by atoms with Gasteiger partial charge in [0.15, 0.2) is 17.7 Å². The Balaban J connectivity index is 1.76. The number of esters is 1. The molecule has 0 aromatic carbocycles. The second-order valence-corrected chi connectivity index (χ2v) is 14.5. The number of carbonyl (C=O) groups is 3. The zero-order chi connectivity index (χ0) is 33.5. The largest absolute Gasteiger partial charge is 0.457 e. The van der Waals surface area contributed by atoms with Gasteiger partial charge in [0.05, 0.1) is 30.5 Å². The van der Waals surface area contributed by atoms with Crippen molar-refractivity contribution < 1.29 is 48.3 Å². The van der Waals surface area contributed by atoms with Crippen LogP contribution in [0.3, 0.4) is 0 Å². The van der Waals surface area contributed by atoms with Gasteiger partial charge < -0.3 is 49.4 Å². The van der Waals surface area contributed by atoms with E-state index < -0.39 is 71.3 Å². The summed E-state index contributed by atoms with van der Waals surface area (Å²) < 4.78 is 31.1. The number of amides is 1. The molecular weight excluding hydrogens is 586 g/mol. The second-order valence-electron chi connectivity index (χ2n) is 14.5. The molecule has 5 rings (SSSR count). The van der Waals surface area contributed by atoms with Crippen LogP contribution in [0.2, 0.25) is 0 Å². The summed E-state index contributed by atoms with van der Waals surface area (Å²) in [5, 5.41) is 27.7. The molecule has 13 nitrogen and oxygen atoms in total. The number of alkyl carbamates (subject to hydrolysis) is 1. The summed E-state index contributed by atoms with van der Waals surface area (Å²) >= 11 is 0. The summed E-state index contributed by atoms with van der Waals surface area (Å²) in [4.78, 5) is 42.9. The summed E-state index contributed by atoms with van der Waals surface area (Å²) in [6.07, 6.45) is -3.78. The van der Waals surface area contributed by atoms with Crippen LogP contribution in [0.1, 0.15) is 74.1 Å². The Morgan fingerprint density at radius 1 is 1.11 bits per heavy atom. The molecule has 0 aromatic heterocycles. The van der Waals surface area contributed by atoms with Crippen LogP contribution in [-0.2, 0) is 33.3 Å². The number of rotatable bonds is 5. The molecule has 13 atom stereocenters. The highest BCUT2D eigenvalue weighted by Crippen LogP contribution is 2.43. The standard InChI is InChI=1S/C32H55N3O10/c1-10-22-32(7)24(34-29(40)45-32)19(4)33-15-17(2)14-31(6)26(18(3)25(38)30(5,11-12-41-31)28(39)43-22)44-27-23(37)21(35(8)9)13-20(16-36)42-27/h17-24,26-27,33,36-37H,10-16H2,1-9H3,(H,34,40)/t17-,18+,19-,20+,21+,22-,23-,24-,26-,27+,30+,31+,32-/m1/s1. The Bertz CT molecular complexity index is 1090. The van der Waals surface area contributed by atoms with Crippen molar-refractivity contribution in [2.45, 2.75) is 134 Å². The summed E-state index contributed by atoms with van der Waals surface area (Å²) in [7, 11) is 3.68. The lowest BCUT2D eigenvalue weighted by atomic mass is 9.70. The normalized spacial score (nSPS) is 46.8. The SMILES string of the molecule is CC[C@H]1OC(=O)[C@@]2(C)CCO[C@@](C)(C[C@@H](C)CN[C@H](C)[C@H]3NC(=O)O[C@@]31C)[C@H](O[C@@H]1O[C@H](CO)C[C@H](N(C)C)[C@H]1O)[C@@H](C)C2=O. The smallest absolute Gasteiger partial charge is 0.408 e. The molecular formula is C32H55N3O10. The molecule has 0 aliphatic carbocycles. The lowest BCUT2D eigenvalue weighted by Crippen LogP contribution is -2.61. The molecule has 258 valence electrons. The minimum absolute atomic E-state index is 0.0165. The molecule has 5 heterocycles. The first-order valence-electron chi connectivity index (χ1n) is 16.4. The van der Waals surface area contributed by atoms with Gasteiger partial charge >= 0.3 is 12.1 Å². The van der Waals surface area contributed by atoms with Crippen molar-refractivity contribution in [3.8, 4) is 0 Å². The second kappa shape index (κ2) is 13.7. The number of hydrogen-bond acceptors (Lipinski definition) is 12. The average molecular weight is 642 g/mol. The lowest BCUT2D eigenvalue weighted by Gasteiger charge is -2.49. The molecule has 0 aromatic rings. The third-order valence-corrected chi connectivity index (χ3v) is 10.7. The summed E-state index contributed by atoms with van der Waals surface area (Å²) in [6.45, 7) is 13.2. The quantitative estimate of drug-likeness (QED) is 0.252. The average Bonchev–Trinajstić information content (AvgIpc) is 3.30. The van der Waals surface area contributed by atoms with E-state index in [0.717, 1.165) is 0 Å². The summed E-state index contributed by atoms with van der Waals surface area (Å²) in [6, 6.07) is -1.10. The third-order valence-electron chi connectivity index (χ3n) is 10.7. The molecule has 4 N–H and O–H groups in total. The molecule has 5 aliphatic heterocycles. The van der Waals surface area contributed by atoms with Gasteiger partial charge in [-0.2, -0.15) is 0 Å². The number of aliphatic hydroxyl groups excluding tert-OH is 2. The number of nitrogens with zero attached hydrogens (tertiary/aromatic N) is 1. The van der Waals surface area contributed by atoms with Gasteiger partial charge in [-0.05, 0) is 79.9 Å². The van der Waals surface area contributed by atoms with Gasteiger partial charge in [0.25, 0.3) is 0 Å². The van der Waals surface area contributed by atoms with Crippen LogP contribution >= 0.6 is 0 Å². The van der Waals surface area contributed by atoms with E-state index in [0.29, 0.717) is 25.8 Å². The molecule has 0 radical (unpaired) electrons. The van der Waals surface area contributed by atoms with Crippen molar-refractivity contribution in [2.24, 2.45) is 17.3 Å². The fraction of sp³-hybridized carbons (Fsp3) is 0.906. The van der Waals surface area contributed by atoms with Gasteiger partial charge in [-0.25, -0.2) is 4.79 Å². The van der Waals surface area contributed by atoms with Gasteiger partial charge in [-0.3, -0.25) is 9.59 Å². The molecule has 1 amide bonds. The zero-order valence-electron chi connectivity index (χ0n) is 28.3. The molecule has 0 spiro atoms. The number of ketones is 1. The van der Waals surface area contributed by atoms with Crippen molar-refractivity contribution >= 4 is 17.8 Å². The molecule has 2 bridgehead atoms. The third kappa shape index (κ3) is 6.90. The lowest BCUT2D eigenvalue weighted by molar-refractivity contribution is -0.304. The first-order chi connectivity index (χ1) is 21.0. The fourth-order valence-corrected chi connectivity index (χ4v) is 7.89. The Hall–Kier alpha value is -1.87. The predicted molar refractivity (Wildman–Crippen MR) is 163 cm³/mol. The zero-order valence-corrected chi connectivity index (χ0v) is 28.3. The van der Waals surface area contributed by atoms with Gasteiger partial charge in [0, 0.05) is 24.6 Å². The molecule has 0 saturated carbocycles. The molecule has 5 aliphatic rings. The number of likely N-dealkylation sites (N-methyl/N-ethyl adjacent to an activating group) is 1. The van der Waals surface area contributed by atoms with Crippen LogP contribution in [0.4, 0.5) is 4.79 Å². The molecule has 13 heteroatoms. The Morgan fingerprint density at radius 3 is 2.42 bits per heavy atom. The van der Waals surface area contributed by atoms with E-state index >= 15 is 0 Å². The molecule has 0 unspecified atom stereocenters. The van der Waals surface area contributed by atoms with Crippen LogP contribution < -0.4 is 10.6 Å². The highest BCUT2D eigenvalue weighted by atomic mass is 16.7. The topological polar surface area (TPSA) is 165 Å². The van der Waals surface area contributed by atoms with Crippen molar-refractivity contribution in [3.63, 3.8) is 0 Å². The summed E-state index contributed by atoms with van der Waals surface area (Å²) in [5.74, 6) is -1.93. The first kappa shape index (κ1) is 36.0. The van der Waals surface area contributed by atoms with Crippen LogP contribution in [0.15, 0.2) is 0 Å². The van der Waals surface area contributed by atoms with E-state index in [4.69, 9.17) is 23.7 Å². The van der Waals surface area contributed by atoms with Crippen molar-refractivity contribution in [1.29, 1.82) is 0 Å². The van der Waals surface area contributed by atoms with Gasteiger partial charge in [0.1, 0.15) is 17.6 Å². The van der Waals surface area contributed by atoms with Crippen LogP contribution in [0, 0.1) is 17.3 Å². The van der Waals surface area contributed by atoms with Gasteiger partial charge in [-0.15, -0.1) is 0 Å². The molecule has 5 fully saturated rings. The summed E-state index contributed by atoms with van der Waals surface area (Å²) in [5.41, 5.74) is -3.78. The van der Waals surface area contributed by atoms with Gasteiger partial charge in [0.2, 0.25) is 0 Å². The number of carbonyl (C=O) groups excluding carboxylic acids is 3. The monoisotopic (exact) mass is 641 g/mol. The maximum Gasteiger partial charge on any atom is 0.408 e. The number of ether oxygens (including phenoxy) is 5. The molecule has 45 heavy (non-hydrogen) atoms. The number of Topliss-reactive ketones (excluding diaryl/α,β-unsaturated/α-hetero) is 1. The van der Waals surface area contributed by atoms with E-state index in [1.54, 1.807) is 20.8 Å². The van der Waals surface area contributed by atoms with Crippen LogP contribution in [0.5, 0.6) is 0 Å². The Morgan fingerprint density at radius 2 is 1.80 bits per heavy atom. The van der Waals surface area contributed by atoms with E-state index in [2.05, 4.69) is 17.6 Å². The van der Waals surface area contributed by atoms with Crippen molar-refractivity contribution in [3.05, 3.63) is 0 Å². The Labute approximate surface area is 267 Å². The fourth-order valence-electron chi connectivity index (χ4n) is 7.89. The minimum atomic E-state index is -1.58. The number of hydrogen-bond donors (Lipinski definition) is 4. The number of fused-ring (bicyclic) bond motifs is 10. The molecule has 5 saturated heterocycles. The van der Waals surface area contributed by atoms with Crippen LogP contribution in [-0.4, -0.2) is 127 Å². The van der Waals surface area contributed by atoms with Gasteiger partial charge in [-0.1, -0.05) is 20.8 Å². The van der Waals surface area contributed by atoms with E-state index in [1.807, 2.05) is 39.8 Å². The van der Waals surface area contributed by atoms with E-state index in [1.165, 1.54) is 0 Å². The maximum atomic E-state index is 14.5. The highest BCUT2D eigenvalue weighted by molar-refractivity contribution is 6.04. The van der Waals surface area contributed by atoms with E-state index in [-0.39, 0.29) is 43.4 Å². The van der Waals surface area contributed by atoms with Crippen LogP contribution in [0.25, 0.3) is 0 Å². The Kier molecular flexibility index (Phi) is 11.0. The van der Waals surface area contributed by atoms with Crippen molar-refractivity contribution in [2.75, 3.05) is 33.9 Å². The first-order valence-corrected chi connectivity index (χ1v) is 16.4. The highest BCUT2D eigenvalue weighted by Gasteiger charge is 2.58. The predicted octanol–water partition coefficient (Wildman–Crippen LogP) is 1.37. The number of nitrogens with one attached hydrogen (secondary N) is 2. The van der Waals surface area contributed by atoms with E-state index in [9.17, 15) is 24.6 Å².